The van der Waals surface area contributed by atoms with Gasteiger partial charge in [0.2, 0.25) is 0 Å². The van der Waals surface area contributed by atoms with E-state index in [0.717, 1.165) is 0 Å². The highest BCUT2D eigenvalue weighted by Gasteiger charge is 2.66. The molecule has 0 spiro atoms. The van der Waals surface area contributed by atoms with E-state index >= 15 is 0 Å². The average molecular weight is 384 g/mol. The molecule has 0 saturated carbocycles. The Hall–Kier alpha value is -1.06. The van der Waals surface area contributed by atoms with E-state index in [9.17, 15) is 61.5 Å². The zero-order valence-corrected chi connectivity index (χ0v) is 9.76. The SMILES string of the molecule is FC(F)(OC(C(F)(F)F)C(F)(F)F)OC(C(F)(F)F)C(F)(F)F. The molecule has 0 aromatic heterocycles. The van der Waals surface area contributed by atoms with E-state index in [-0.39, 0.29) is 0 Å². The highest BCUT2D eigenvalue weighted by molar-refractivity contribution is 4.79. The molecule has 23 heavy (non-hydrogen) atoms. The van der Waals surface area contributed by atoms with Crippen molar-refractivity contribution in [2.24, 2.45) is 0 Å². The van der Waals surface area contributed by atoms with Gasteiger partial charge in [-0.25, -0.2) is 0 Å². The Kier molecular flexibility index (Phi) is 5.82. The minimum Gasteiger partial charge on any atom is -0.273 e. The Morgan fingerprint density at radius 3 is 0.696 bits per heavy atom. The Bertz CT molecular complexity index is 322. The third-order valence-corrected chi connectivity index (χ3v) is 1.70. The standard InChI is InChI=1S/C7H2F14O2/c8-3(9,10)1(4(11,12)13)22-7(20,21)23-2(5(14,15)16)6(17,18)19/h1-2H. The van der Waals surface area contributed by atoms with Crippen LogP contribution in [-0.2, 0) is 9.47 Å². The molecule has 0 atom stereocenters. The van der Waals surface area contributed by atoms with Crippen molar-refractivity contribution in [2.75, 3.05) is 0 Å². The Morgan fingerprint density at radius 2 is 0.565 bits per heavy atom. The molecule has 0 N–H and O–H groups in total. The topological polar surface area (TPSA) is 18.5 Å². The number of ether oxygens (including phenoxy) is 2. The Labute approximate surface area is 115 Å². The van der Waals surface area contributed by atoms with Gasteiger partial charge >= 0.3 is 31.0 Å². The number of hydrogen-bond donors (Lipinski definition) is 0. The van der Waals surface area contributed by atoms with Crippen LogP contribution in [0.2, 0.25) is 0 Å². The molecule has 0 aromatic carbocycles. The van der Waals surface area contributed by atoms with Crippen LogP contribution in [-0.4, -0.2) is 43.2 Å². The summed E-state index contributed by atoms with van der Waals surface area (Å²) >= 11 is 0. The third-order valence-electron chi connectivity index (χ3n) is 1.70. The molecule has 0 aliphatic heterocycles. The van der Waals surface area contributed by atoms with Crippen LogP contribution in [0.3, 0.4) is 0 Å². The van der Waals surface area contributed by atoms with E-state index < -0.39 is 43.2 Å². The molecule has 0 saturated heterocycles. The van der Waals surface area contributed by atoms with E-state index in [0.29, 0.717) is 0 Å². The van der Waals surface area contributed by atoms with E-state index in [1.54, 1.807) is 0 Å². The summed E-state index contributed by atoms with van der Waals surface area (Å²) in [6.45, 7) is 0. The quantitative estimate of drug-likeness (QED) is 0.523. The summed E-state index contributed by atoms with van der Waals surface area (Å²) in [5.41, 5.74) is 0. The molecule has 0 aliphatic rings. The van der Waals surface area contributed by atoms with Gasteiger partial charge in [0, 0.05) is 0 Å². The van der Waals surface area contributed by atoms with Gasteiger partial charge in [-0.3, -0.25) is 9.47 Å². The van der Waals surface area contributed by atoms with Gasteiger partial charge in [0.1, 0.15) is 0 Å². The number of hydrogen-bond acceptors (Lipinski definition) is 2. The van der Waals surface area contributed by atoms with Gasteiger partial charge in [-0.1, -0.05) is 0 Å². The summed E-state index contributed by atoms with van der Waals surface area (Å²) in [6, 6.07) is 0. The maximum atomic E-state index is 12.6. The zero-order valence-electron chi connectivity index (χ0n) is 9.76. The lowest BCUT2D eigenvalue weighted by atomic mass is 10.3. The average Bonchev–Trinajstić information content (AvgIpc) is 2.16. The smallest absolute Gasteiger partial charge is 0.273 e. The van der Waals surface area contributed by atoms with Crippen molar-refractivity contribution in [2.45, 2.75) is 43.2 Å². The highest BCUT2D eigenvalue weighted by atomic mass is 19.4. The predicted molar refractivity (Wildman–Crippen MR) is 38.9 cm³/mol. The van der Waals surface area contributed by atoms with Crippen molar-refractivity contribution in [3.05, 3.63) is 0 Å². The lowest BCUT2D eigenvalue weighted by molar-refractivity contribution is -0.495. The first kappa shape index (κ1) is 21.9. The molecule has 16 heteroatoms. The van der Waals surface area contributed by atoms with Gasteiger partial charge in [-0.2, -0.15) is 52.7 Å². The van der Waals surface area contributed by atoms with Gasteiger partial charge in [-0.05, 0) is 0 Å². The van der Waals surface area contributed by atoms with Crippen LogP contribution in [0.4, 0.5) is 61.5 Å². The third kappa shape index (κ3) is 6.92. The molecule has 140 valence electrons. The fraction of sp³-hybridized carbons (Fsp3) is 1.00. The first-order valence-electron chi connectivity index (χ1n) is 4.68. The summed E-state index contributed by atoms with van der Waals surface area (Å²) in [7, 11) is 0. The first-order chi connectivity index (χ1) is 9.68. The second kappa shape index (κ2) is 6.10. The molecule has 0 aliphatic carbocycles. The van der Waals surface area contributed by atoms with Gasteiger partial charge in [0.15, 0.2) is 0 Å². The minimum absolute atomic E-state index is 1.98. The van der Waals surface area contributed by atoms with Crippen molar-refractivity contribution in [3.8, 4) is 0 Å². The largest absolute Gasteiger partial charge is 0.487 e. The molecular weight excluding hydrogens is 382 g/mol. The van der Waals surface area contributed by atoms with Crippen LogP contribution < -0.4 is 0 Å². The zero-order chi connectivity index (χ0) is 19.1. The fourth-order valence-electron chi connectivity index (χ4n) is 0.941. The second-order valence-corrected chi connectivity index (χ2v) is 3.63. The maximum Gasteiger partial charge on any atom is 0.487 e. The fourth-order valence-corrected chi connectivity index (χ4v) is 0.941. The Balaban J connectivity index is 5.47. The molecule has 0 fully saturated rings. The molecule has 0 rings (SSSR count). The Morgan fingerprint density at radius 1 is 0.391 bits per heavy atom. The van der Waals surface area contributed by atoms with Crippen LogP contribution in [0.25, 0.3) is 0 Å². The molecular formula is C7H2F14O2. The molecule has 0 radical (unpaired) electrons. The second-order valence-electron chi connectivity index (χ2n) is 3.63. The van der Waals surface area contributed by atoms with Crippen molar-refractivity contribution < 1.29 is 70.9 Å². The van der Waals surface area contributed by atoms with Crippen molar-refractivity contribution >= 4 is 0 Å². The molecule has 0 unspecified atom stereocenters. The molecule has 0 amide bonds. The van der Waals surface area contributed by atoms with Crippen LogP contribution in [0.1, 0.15) is 0 Å². The van der Waals surface area contributed by atoms with Gasteiger partial charge < -0.3 is 0 Å². The number of rotatable bonds is 4. The van der Waals surface area contributed by atoms with Crippen molar-refractivity contribution in [3.63, 3.8) is 0 Å². The lowest BCUT2D eigenvalue weighted by Gasteiger charge is -2.30. The van der Waals surface area contributed by atoms with Gasteiger partial charge in [-0.15, -0.1) is 8.78 Å². The van der Waals surface area contributed by atoms with Crippen molar-refractivity contribution in [1.29, 1.82) is 0 Å². The monoisotopic (exact) mass is 384 g/mol. The van der Waals surface area contributed by atoms with Crippen LogP contribution in [0.15, 0.2) is 0 Å². The summed E-state index contributed by atoms with van der Waals surface area (Å²) in [6.07, 6.45) is -43.7. The number of halogens is 14. The van der Waals surface area contributed by atoms with Gasteiger partial charge in [0.05, 0.1) is 0 Å². The molecule has 0 bridgehead atoms. The van der Waals surface area contributed by atoms with Crippen LogP contribution in [0, 0.1) is 0 Å². The summed E-state index contributed by atoms with van der Waals surface area (Å²) in [4.78, 5) is 0. The van der Waals surface area contributed by atoms with Crippen molar-refractivity contribution in [1.82, 2.24) is 0 Å². The maximum absolute atomic E-state index is 12.6. The van der Waals surface area contributed by atoms with Gasteiger partial charge in [0.25, 0.3) is 12.2 Å². The summed E-state index contributed by atoms with van der Waals surface area (Å²) < 4.78 is 172. The predicted octanol–water partition coefficient (Wildman–Crippen LogP) is 4.56. The lowest BCUT2D eigenvalue weighted by Crippen LogP contribution is -2.53. The molecule has 0 aromatic rings. The van der Waals surface area contributed by atoms with E-state index in [1.165, 1.54) is 0 Å². The molecule has 0 heterocycles. The first-order valence-corrected chi connectivity index (χ1v) is 4.68. The normalized spacial score (nSPS) is 15.7. The highest BCUT2D eigenvalue weighted by Crippen LogP contribution is 2.43. The van der Waals surface area contributed by atoms with E-state index in [4.69, 9.17) is 0 Å². The van der Waals surface area contributed by atoms with E-state index in [1.807, 2.05) is 9.47 Å². The van der Waals surface area contributed by atoms with E-state index in [2.05, 4.69) is 0 Å². The summed E-state index contributed by atoms with van der Waals surface area (Å²) in [5.74, 6) is 0. The van der Waals surface area contributed by atoms with Crippen LogP contribution >= 0.6 is 0 Å². The molecule has 2 nitrogen and oxygen atoms in total. The summed E-state index contributed by atoms with van der Waals surface area (Å²) in [5, 5.41) is 0. The minimum atomic E-state index is -6.61. The van der Waals surface area contributed by atoms with Crippen LogP contribution in [0.5, 0.6) is 0 Å². The number of alkyl halides is 14.